The second kappa shape index (κ2) is 21.5. The lowest BCUT2D eigenvalue weighted by atomic mass is 9.94. The summed E-state index contributed by atoms with van der Waals surface area (Å²) in [7, 11) is 0. The Morgan fingerprint density at radius 1 is 0.583 bits per heavy atom. The minimum atomic E-state index is -1.82. The van der Waals surface area contributed by atoms with Crippen LogP contribution in [0.5, 0.6) is 23.0 Å². The maximum atomic E-state index is 9.10. The highest BCUT2D eigenvalue weighted by atomic mass is 16.5. The molecule has 0 saturated heterocycles. The van der Waals surface area contributed by atoms with Gasteiger partial charge in [0.05, 0.1) is 0 Å². The molecular weight excluding hydrogens is 769 g/mol. The minimum absolute atomic E-state index is 0.198. The van der Waals surface area contributed by atoms with Crippen LogP contribution in [0.15, 0.2) is 61.2 Å². The van der Waals surface area contributed by atoms with E-state index >= 15 is 0 Å². The van der Waals surface area contributed by atoms with Crippen LogP contribution in [0.25, 0.3) is 0 Å². The van der Waals surface area contributed by atoms with E-state index in [0.717, 1.165) is 101 Å². The third kappa shape index (κ3) is 11.7. The molecule has 0 amide bonds. The number of carbonyl (C=O) groups is 2. The first-order valence-corrected chi connectivity index (χ1v) is 21.0. The molecule has 0 radical (unpaired) electrons. The molecule has 2 aromatic carbocycles. The van der Waals surface area contributed by atoms with Gasteiger partial charge in [0.15, 0.2) is 23.0 Å². The Kier molecular flexibility index (Phi) is 15.7. The summed E-state index contributed by atoms with van der Waals surface area (Å²) < 4.78 is 24.8. The number of rotatable bonds is 14. The van der Waals surface area contributed by atoms with Crippen molar-refractivity contribution < 1.29 is 38.7 Å². The number of aryl methyl sites for hydroxylation is 2. The monoisotopic (exact) mass is 826 g/mol. The van der Waals surface area contributed by atoms with Crippen molar-refractivity contribution in [2.75, 3.05) is 49.9 Å². The van der Waals surface area contributed by atoms with Crippen molar-refractivity contribution in [1.29, 1.82) is 0 Å². The van der Waals surface area contributed by atoms with E-state index in [1.165, 1.54) is 22.3 Å². The molecule has 60 heavy (non-hydrogen) atoms. The van der Waals surface area contributed by atoms with Crippen LogP contribution in [0.4, 0.5) is 11.9 Å². The summed E-state index contributed by atoms with van der Waals surface area (Å²) >= 11 is 0. The van der Waals surface area contributed by atoms with Crippen molar-refractivity contribution in [3.63, 3.8) is 0 Å². The van der Waals surface area contributed by atoms with Gasteiger partial charge in [0.2, 0.25) is 11.9 Å². The van der Waals surface area contributed by atoms with Crippen LogP contribution >= 0.6 is 0 Å². The van der Waals surface area contributed by atoms with E-state index in [0.29, 0.717) is 23.7 Å². The quantitative estimate of drug-likeness (QED) is 0.0690. The first kappa shape index (κ1) is 43.8. The third-order valence-electron chi connectivity index (χ3n) is 11.2. The van der Waals surface area contributed by atoms with Crippen LogP contribution in [0, 0.1) is 0 Å². The fourth-order valence-corrected chi connectivity index (χ4v) is 7.44. The number of carboxylic acid groups (broad SMARTS) is 2. The van der Waals surface area contributed by atoms with Gasteiger partial charge in [-0.25, -0.2) is 29.5 Å². The van der Waals surface area contributed by atoms with Gasteiger partial charge < -0.3 is 50.4 Å². The van der Waals surface area contributed by atoms with Gasteiger partial charge in [-0.05, 0) is 88.7 Å². The largest absolute Gasteiger partial charge is 0.486 e. The van der Waals surface area contributed by atoms with E-state index in [2.05, 4.69) is 93.2 Å². The smallest absolute Gasteiger partial charge is 0.414 e. The lowest BCUT2D eigenvalue weighted by Gasteiger charge is -2.27. The minimum Gasteiger partial charge on any atom is -0.486 e. The van der Waals surface area contributed by atoms with Gasteiger partial charge in [-0.15, -0.1) is 0 Å². The highest BCUT2D eigenvalue weighted by Gasteiger charge is 2.35. The van der Waals surface area contributed by atoms with Crippen LogP contribution in [0.3, 0.4) is 0 Å². The van der Waals surface area contributed by atoms with Crippen molar-refractivity contribution in [1.82, 2.24) is 30.6 Å². The first-order valence-electron chi connectivity index (χ1n) is 21.0. The molecule has 0 aliphatic carbocycles. The summed E-state index contributed by atoms with van der Waals surface area (Å²) in [4.78, 5) is 34.8. The molecule has 2 aromatic heterocycles. The average molecular weight is 827 g/mol. The van der Waals surface area contributed by atoms with E-state index in [4.69, 9.17) is 38.7 Å². The maximum Gasteiger partial charge on any atom is 0.414 e. The molecule has 6 atom stereocenters. The molecule has 16 heteroatoms. The molecule has 6 N–H and O–H groups in total. The highest BCUT2D eigenvalue weighted by molar-refractivity contribution is 6.27. The van der Waals surface area contributed by atoms with E-state index in [9.17, 15) is 0 Å². The number of hydrogen-bond acceptors (Lipinski definition) is 14. The molecular formula is C44H58N8O8. The zero-order valence-corrected chi connectivity index (χ0v) is 34.9. The number of fused-ring (bicyclic) bond motifs is 6. The number of nitrogens with one attached hydrogen (secondary N) is 4. The lowest BCUT2D eigenvalue weighted by Crippen LogP contribution is -2.35. The number of anilines is 2. The van der Waals surface area contributed by atoms with Crippen molar-refractivity contribution in [3.8, 4) is 23.0 Å². The predicted molar refractivity (Wildman–Crippen MR) is 227 cm³/mol. The molecule has 4 aromatic rings. The number of hydrogen-bond donors (Lipinski definition) is 6. The third-order valence-corrected chi connectivity index (χ3v) is 11.2. The van der Waals surface area contributed by atoms with Crippen LogP contribution < -0.4 is 40.2 Å². The Morgan fingerprint density at radius 2 is 0.983 bits per heavy atom. The Morgan fingerprint density at radius 3 is 1.37 bits per heavy atom. The number of aliphatic carboxylic acids is 2. The summed E-state index contributed by atoms with van der Waals surface area (Å²) in [6.07, 6.45) is 14.0. The van der Waals surface area contributed by atoms with Crippen molar-refractivity contribution in [3.05, 3.63) is 83.4 Å². The molecule has 16 nitrogen and oxygen atoms in total. The summed E-state index contributed by atoms with van der Waals surface area (Å²) in [5.41, 5.74) is 5.12. The molecule has 6 unspecified atom stereocenters. The van der Waals surface area contributed by atoms with E-state index in [-0.39, 0.29) is 24.4 Å². The van der Waals surface area contributed by atoms with E-state index in [1.54, 1.807) is 24.8 Å². The molecule has 0 fully saturated rings. The van der Waals surface area contributed by atoms with Crippen LogP contribution in [0.2, 0.25) is 0 Å². The summed E-state index contributed by atoms with van der Waals surface area (Å²) in [6, 6.07) is 12.5. The van der Waals surface area contributed by atoms with Gasteiger partial charge in [-0.2, -0.15) is 0 Å². The molecule has 0 spiro atoms. The molecule has 4 aliphatic rings. The van der Waals surface area contributed by atoms with Gasteiger partial charge >= 0.3 is 11.9 Å². The molecule has 0 bridgehead atoms. The van der Waals surface area contributed by atoms with Gasteiger partial charge in [0.25, 0.3) is 0 Å². The first-order chi connectivity index (χ1) is 29.1. The average Bonchev–Trinajstić information content (AvgIpc) is 3.73. The molecule has 322 valence electrons. The highest BCUT2D eigenvalue weighted by Crippen LogP contribution is 2.49. The molecule has 8 rings (SSSR count). The van der Waals surface area contributed by atoms with E-state index < -0.39 is 11.9 Å². The number of benzene rings is 2. The normalized spacial score (nSPS) is 21.5. The number of nitrogens with zero attached hydrogens (tertiary/aromatic N) is 4. The SMILES string of the molecule is CC1Oc2c(ccc3c2OC(CNCCCNc2ncccn2)CC3)C1C.CC1Oc2c(ccc3c2OC(CNCCCNc2ncccn2)CC3)C1C.O=C(O)C(=O)O. The Balaban J connectivity index is 0.000000177. The molecule has 6 heterocycles. The van der Waals surface area contributed by atoms with Crippen molar-refractivity contribution in [2.24, 2.45) is 0 Å². The summed E-state index contributed by atoms with van der Waals surface area (Å²) in [6.45, 7) is 14.0. The Hall–Kier alpha value is -5.74. The molecule has 4 aliphatic heterocycles. The number of ether oxygens (including phenoxy) is 4. The molecule has 0 saturated carbocycles. The summed E-state index contributed by atoms with van der Waals surface area (Å²) in [5.74, 6) is 2.47. The second-order valence-electron chi connectivity index (χ2n) is 15.4. The number of aromatic nitrogens is 4. The fourth-order valence-electron chi connectivity index (χ4n) is 7.44. The van der Waals surface area contributed by atoms with Gasteiger partial charge in [0, 0.05) is 73.9 Å². The Labute approximate surface area is 351 Å². The van der Waals surface area contributed by atoms with Crippen LogP contribution in [-0.4, -0.2) is 106 Å². The van der Waals surface area contributed by atoms with Crippen LogP contribution in [0.1, 0.15) is 87.5 Å². The topological polar surface area (TPSA) is 211 Å². The number of carboxylic acids is 2. The van der Waals surface area contributed by atoms with Crippen molar-refractivity contribution >= 4 is 23.8 Å². The zero-order valence-electron chi connectivity index (χ0n) is 34.9. The predicted octanol–water partition coefficient (Wildman–Crippen LogP) is 5.45. The maximum absolute atomic E-state index is 9.10. The van der Waals surface area contributed by atoms with E-state index in [1.807, 2.05) is 12.1 Å². The Bertz CT molecular complexity index is 1870. The van der Waals surface area contributed by atoms with Crippen molar-refractivity contribution in [2.45, 2.75) is 102 Å². The summed E-state index contributed by atoms with van der Waals surface area (Å²) in [5, 5.41) is 28.2. The van der Waals surface area contributed by atoms with Crippen LogP contribution in [-0.2, 0) is 22.4 Å². The standard InChI is InChI=1S/2C21H28N4O2.C2H2O4/c2*1-14-15(2)26-20-18(14)8-6-16-5-7-17(27-19(16)20)13-22-9-3-10-23-21-24-11-4-12-25-21;3-1(4)2(5)6/h2*4,6,8,11-12,14-15,17,22H,3,5,7,9-10,13H2,1-2H3,(H,23,24,25);(H,3,4)(H,5,6). The lowest BCUT2D eigenvalue weighted by molar-refractivity contribution is -0.159. The zero-order chi connectivity index (χ0) is 42.4. The van der Waals surface area contributed by atoms with Gasteiger partial charge in [-0.3, -0.25) is 0 Å². The van der Waals surface area contributed by atoms with Gasteiger partial charge in [0.1, 0.15) is 24.4 Å². The fraction of sp³-hybridized carbons (Fsp3) is 0.500. The second-order valence-corrected chi connectivity index (χ2v) is 15.4. The van der Waals surface area contributed by atoms with Gasteiger partial charge in [-0.1, -0.05) is 38.1 Å².